The molecule has 1 unspecified atom stereocenters. The Morgan fingerprint density at radius 2 is 2.10 bits per heavy atom. The molecule has 20 heavy (non-hydrogen) atoms. The van der Waals surface area contributed by atoms with Gasteiger partial charge in [0, 0.05) is 25.7 Å². The summed E-state index contributed by atoms with van der Waals surface area (Å²) in [5.74, 6) is 0.0750. The zero-order chi connectivity index (χ0) is 13.7. The van der Waals surface area contributed by atoms with Gasteiger partial charge < -0.3 is 15.0 Å². The van der Waals surface area contributed by atoms with Crippen LogP contribution in [0.5, 0.6) is 0 Å². The molecule has 1 aliphatic rings. The third kappa shape index (κ3) is 4.47. The molecule has 0 aliphatic carbocycles. The van der Waals surface area contributed by atoms with Crippen LogP contribution in [0.25, 0.3) is 0 Å². The van der Waals surface area contributed by atoms with Crippen molar-refractivity contribution in [2.24, 2.45) is 0 Å². The third-order valence-electron chi connectivity index (χ3n) is 3.31. The quantitative estimate of drug-likeness (QED) is 0.922. The van der Waals surface area contributed by atoms with Crippen LogP contribution < -0.4 is 5.32 Å². The Balaban J connectivity index is 0.00000200. The van der Waals surface area contributed by atoms with E-state index in [2.05, 4.69) is 5.32 Å². The minimum Gasteiger partial charge on any atom is -0.366 e. The molecule has 1 atom stereocenters. The molecule has 1 amide bonds. The van der Waals surface area contributed by atoms with E-state index in [1.54, 1.807) is 0 Å². The van der Waals surface area contributed by atoms with Gasteiger partial charge in [-0.15, -0.1) is 12.4 Å². The Bertz CT molecular complexity index is 406. The zero-order valence-electron chi connectivity index (χ0n) is 12.0. The lowest BCUT2D eigenvalue weighted by Gasteiger charge is -2.32. The van der Waals surface area contributed by atoms with Gasteiger partial charge in [-0.3, -0.25) is 4.79 Å². The molecule has 0 bridgehead atoms. The maximum atomic E-state index is 12.5. The first-order chi connectivity index (χ1) is 9.18. The largest absolute Gasteiger partial charge is 0.366 e. The number of ether oxygens (including phenoxy) is 1. The molecule has 0 saturated carbocycles. The first-order valence-electron chi connectivity index (χ1n) is 6.85. The van der Waals surface area contributed by atoms with Crippen LogP contribution in [0.15, 0.2) is 30.3 Å². The van der Waals surface area contributed by atoms with E-state index in [-0.39, 0.29) is 30.5 Å². The molecule has 1 fully saturated rings. The monoisotopic (exact) mass is 298 g/mol. The molecule has 112 valence electrons. The summed E-state index contributed by atoms with van der Waals surface area (Å²) in [6, 6.07) is 10.2. The average Bonchev–Trinajstić information content (AvgIpc) is 2.46. The minimum atomic E-state index is -0.347. The van der Waals surface area contributed by atoms with E-state index in [1.165, 1.54) is 0 Å². The Morgan fingerprint density at radius 3 is 2.65 bits per heavy atom. The summed E-state index contributed by atoms with van der Waals surface area (Å²) in [7, 11) is 0. The van der Waals surface area contributed by atoms with Crippen LogP contribution in [0, 0.1) is 0 Å². The van der Waals surface area contributed by atoms with Gasteiger partial charge in [0.25, 0.3) is 5.91 Å². The number of halogens is 1. The Labute approximate surface area is 126 Å². The van der Waals surface area contributed by atoms with E-state index in [0.29, 0.717) is 19.7 Å². The fourth-order valence-corrected chi connectivity index (χ4v) is 2.20. The van der Waals surface area contributed by atoms with Crippen molar-refractivity contribution in [3.8, 4) is 0 Å². The lowest BCUT2D eigenvalue weighted by Crippen LogP contribution is -2.50. The number of rotatable bonds is 4. The molecule has 1 aromatic carbocycles. The van der Waals surface area contributed by atoms with Gasteiger partial charge in [-0.05, 0) is 19.4 Å². The normalized spacial score (nSPS) is 18.4. The number of carbonyl (C=O) groups excluding carboxylic acids is 1. The number of carbonyl (C=O) groups is 1. The van der Waals surface area contributed by atoms with Crippen molar-refractivity contribution in [3.05, 3.63) is 35.9 Å². The zero-order valence-corrected chi connectivity index (χ0v) is 12.9. The van der Waals surface area contributed by atoms with Gasteiger partial charge in [0.15, 0.2) is 0 Å². The van der Waals surface area contributed by atoms with Gasteiger partial charge in [-0.2, -0.15) is 0 Å². The molecule has 4 nitrogen and oxygen atoms in total. The number of morpholine rings is 1. The summed E-state index contributed by atoms with van der Waals surface area (Å²) >= 11 is 0. The van der Waals surface area contributed by atoms with Gasteiger partial charge in [-0.25, -0.2) is 0 Å². The minimum absolute atomic E-state index is 0. The molecule has 1 N–H and O–H groups in total. The smallest absolute Gasteiger partial charge is 0.253 e. The van der Waals surface area contributed by atoms with Crippen LogP contribution in [0.2, 0.25) is 0 Å². The maximum Gasteiger partial charge on any atom is 0.253 e. The number of hydrogen-bond acceptors (Lipinski definition) is 3. The molecule has 0 aromatic heterocycles. The first-order valence-corrected chi connectivity index (χ1v) is 6.85. The Kier molecular flexibility index (Phi) is 6.99. The van der Waals surface area contributed by atoms with Crippen LogP contribution in [0.1, 0.15) is 19.4 Å². The summed E-state index contributed by atoms with van der Waals surface area (Å²) in [6.07, 6.45) is -0.347. The predicted molar refractivity (Wildman–Crippen MR) is 82.0 cm³/mol. The van der Waals surface area contributed by atoms with E-state index in [4.69, 9.17) is 4.74 Å². The highest BCUT2D eigenvalue weighted by Crippen LogP contribution is 2.12. The first kappa shape index (κ1) is 17.0. The van der Waals surface area contributed by atoms with Gasteiger partial charge in [0.1, 0.15) is 6.10 Å². The molecule has 1 saturated heterocycles. The molecule has 2 rings (SSSR count). The summed E-state index contributed by atoms with van der Waals surface area (Å²) in [4.78, 5) is 14.4. The highest BCUT2D eigenvalue weighted by molar-refractivity contribution is 5.85. The Morgan fingerprint density at radius 1 is 1.40 bits per heavy atom. The summed E-state index contributed by atoms with van der Waals surface area (Å²) in [5, 5.41) is 3.20. The van der Waals surface area contributed by atoms with Gasteiger partial charge in [0.05, 0.1) is 6.61 Å². The van der Waals surface area contributed by atoms with E-state index in [1.807, 2.05) is 49.1 Å². The third-order valence-corrected chi connectivity index (χ3v) is 3.31. The highest BCUT2D eigenvalue weighted by Gasteiger charge is 2.28. The van der Waals surface area contributed by atoms with Crippen molar-refractivity contribution >= 4 is 18.3 Å². The van der Waals surface area contributed by atoms with Gasteiger partial charge in [0.2, 0.25) is 0 Å². The van der Waals surface area contributed by atoms with E-state index >= 15 is 0 Å². The molecule has 5 heteroatoms. The predicted octanol–water partition coefficient (Wildman–Crippen LogP) is 1.83. The van der Waals surface area contributed by atoms with Crippen molar-refractivity contribution in [1.29, 1.82) is 0 Å². The van der Waals surface area contributed by atoms with E-state index < -0.39 is 0 Å². The number of amides is 1. The van der Waals surface area contributed by atoms with Crippen LogP contribution in [-0.4, -0.2) is 42.6 Å². The topological polar surface area (TPSA) is 41.6 Å². The second-order valence-corrected chi connectivity index (χ2v) is 5.11. The molecule has 1 heterocycles. The van der Waals surface area contributed by atoms with Gasteiger partial charge in [-0.1, -0.05) is 30.3 Å². The lowest BCUT2D eigenvalue weighted by atomic mass is 10.1. The average molecular weight is 299 g/mol. The summed E-state index contributed by atoms with van der Waals surface area (Å²) < 4.78 is 5.55. The van der Waals surface area contributed by atoms with Crippen LogP contribution >= 0.6 is 12.4 Å². The fourth-order valence-electron chi connectivity index (χ4n) is 2.20. The van der Waals surface area contributed by atoms with Crippen molar-refractivity contribution < 1.29 is 9.53 Å². The standard InChI is InChI=1S/C15H22N2O2.ClH/c1-12(2)17(11-13-6-4-3-5-7-13)15(18)14-10-16-8-9-19-14;/h3-7,12,14,16H,8-11H2,1-2H3;1H. The number of nitrogens with zero attached hydrogens (tertiary/aromatic N) is 1. The lowest BCUT2D eigenvalue weighted by molar-refractivity contribution is -0.147. The summed E-state index contributed by atoms with van der Waals surface area (Å²) in [5.41, 5.74) is 1.15. The second-order valence-electron chi connectivity index (χ2n) is 5.11. The number of nitrogens with one attached hydrogen (secondary N) is 1. The molecule has 0 spiro atoms. The number of hydrogen-bond donors (Lipinski definition) is 1. The van der Waals surface area contributed by atoms with E-state index in [9.17, 15) is 4.79 Å². The van der Waals surface area contributed by atoms with Crippen molar-refractivity contribution in [3.63, 3.8) is 0 Å². The molecule has 1 aromatic rings. The molecule has 1 aliphatic heterocycles. The second kappa shape index (κ2) is 8.25. The van der Waals surface area contributed by atoms with Crippen molar-refractivity contribution in [2.75, 3.05) is 19.7 Å². The summed E-state index contributed by atoms with van der Waals surface area (Å²) in [6.45, 7) is 6.75. The molecular formula is C15H23ClN2O2. The fraction of sp³-hybridized carbons (Fsp3) is 0.533. The SMILES string of the molecule is CC(C)N(Cc1ccccc1)C(=O)C1CNCCO1.Cl. The van der Waals surface area contributed by atoms with Gasteiger partial charge >= 0.3 is 0 Å². The van der Waals surface area contributed by atoms with Crippen LogP contribution in [0.3, 0.4) is 0 Å². The van der Waals surface area contributed by atoms with Crippen molar-refractivity contribution in [1.82, 2.24) is 10.2 Å². The van der Waals surface area contributed by atoms with E-state index in [0.717, 1.165) is 12.1 Å². The Hall–Kier alpha value is -1.10. The molecule has 0 radical (unpaired) electrons. The van der Waals surface area contributed by atoms with Crippen LogP contribution in [-0.2, 0) is 16.1 Å². The maximum absolute atomic E-state index is 12.5. The highest BCUT2D eigenvalue weighted by atomic mass is 35.5. The molecular weight excluding hydrogens is 276 g/mol. The number of benzene rings is 1. The van der Waals surface area contributed by atoms with Crippen LogP contribution in [0.4, 0.5) is 0 Å². The van der Waals surface area contributed by atoms with Crippen molar-refractivity contribution in [2.45, 2.75) is 32.5 Å².